The quantitative estimate of drug-likeness (QED) is 0.578. The molecule has 3 unspecified atom stereocenters. The number of allylic oxidation sites excluding steroid dienone is 9. The summed E-state index contributed by atoms with van der Waals surface area (Å²) in [7, 11) is 2.88. The van der Waals surface area contributed by atoms with Crippen molar-refractivity contribution in [2.75, 3.05) is 0 Å². The highest BCUT2D eigenvalue weighted by Gasteiger charge is 2.32. The zero-order valence-corrected chi connectivity index (χ0v) is 14.3. The summed E-state index contributed by atoms with van der Waals surface area (Å²) in [5, 5.41) is 11.9. The van der Waals surface area contributed by atoms with Gasteiger partial charge in [0.15, 0.2) is 0 Å². The van der Waals surface area contributed by atoms with E-state index in [9.17, 15) is 5.11 Å². The van der Waals surface area contributed by atoms with Gasteiger partial charge < -0.3 is 5.11 Å². The first-order valence-corrected chi connectivity index (χ1v) is 8.07. The normalized spacial score (nSPS) is 37.0. The maximum atomic E-state index is 10.7. The van der Waals surface area contributed by atoms with Crippen LogP contribution in [0.2, 0.25) is 0 Å². The summed E-state index contributed by atoms with van der Waals surface area (Å²) >= 11 is 0. The largest absolute Gasteiger partial charge is 0.392 e. The van der Waals surface area contributed by atoms with E-state index in [0.29, 0.717) is 12.3 Å². The molecule has 0 aliphatic heterocycles. The van der Waals surface area contributed by atoms with Crippen LogP contribution in [0.5, 0.6) is 0 Å². The van der Waals surface area contributed by atoms with Crippen LogP contribution in [0.3, 0.4) is 0 Å². The van der Waals surface area contributed by atoms with Gasteiger partial charge in [-0.1, -0.05) is 55.5 Å². The van der Waals surface area contributed by atoms with E-state index >= 15 is 0 Å². The lowest BCUT2D eigenvalue weighted by Gasteiger charge is -2.35. The maximum Gasteiger partial charge on any atom is 0.0651 e. The van der Waals surface area contributed by atoms with Crippen LogP contribution in [0.25, 0.3) is 0 Å². The molecule has 0 radical (unpaired) electrons. The number of aliphatic hydroxyl groups excluding tert-OH is 1. The lowest BCUT2D eigenvalue weighted by molar-refractivity contribution is 0.107. The Bertz CT molecular complexity index is 587. The van der Waals surface area contributed by atoms with Gasteiger partial charge in [-0.2, -0.15) is 0 Å². The second-order valence-corrected chi connectivity index (χ2v) is 6.57. The average molecular weight is 300 g/mol. The van der Waals surface area contributed by atoms with Crippen LogP contribution in [-0.4, -0.2) is 11.2 Å². The lowest BCUT2D eigenvalue weighted by atomic mass is 9.74. The first kappa shape index (κ1) is 16.2. The van der Waals surface area contributed by atoms with E-state index in [4.69, 9.17) is 0 Å². The van der Waals surface area contributed by atoms with Crippen molar-refractivity contribution in [1.82, 2.24) is 0 Å². The first-order valence-electron chi connectivity index (χ1n) is 7.49. The molecule has 0 saturated carbocycles. The number of hydrogen-bond acceptors (Lipinski definition) is 1. The van der Waals surface area contributed by atoms with Crippen molar-refractivity contribution in [3.05, 3.63) is 70.6 Å². The molecular formula is C19H25OP. The molecule has 0 spiro atoms. The van der Waals surface area contributed by atoms with Crippen molar-refractivity contribution in [2.45, 2.75) is 33.3 Å². The maximum absolute atomic E-state index is 10.7. The molecule has 2 rings (SSSR count). The van der Waals surface area contributed by atoms with Crippen molar-refractivity contribution in [3.63, 3.8) is 0 Å². The molecule has 0 amide bonds. The molecule has 2 heteroatoms. The summed E-state index contributed by atoms with van der Waals surface area (Å²) in [5.74, 6) is 0.541. The van der Waals surface area contributed by atoms with E-state index in [1.165, 1.54) is 27.6 Å². The van der Waals surface area contributed by atoms with Crippen LogP contribution in [0, 0.1) is 11.8 Å². The van der Waals surface area contributed by atoms with E-state index in [1.807, 2.05) is 6.08 Å². The molecule has 0 aromatic rings. The minimum Gasteiger partial charge on any atom is -0.392 e. The zero-order valence-electron chi connectivity index (χ0n) is 13.1. The van der Waals surface area contributed by atoms with Gasteiger partial charge in [0.2, 0.25) is 0 Å². The van der Waals surface area contributed by atoms with Crippen molar-refractivity contribution in [2.24, 2.45) is 11.8 Å². The third-order valence-corrected chi connectivity index (χ3v) is 5.29. The summed E-state index contributed by atoms with van der Waals surface area (Å²) in [6, 6.07) is 0. The minimum absolute atomic E-state index is 0.178. The third-order valence-electron chi connectivity index (χ3n) is 4.52. The highest BCUT2D eigenvalue weighted by molar-refractivity contribution is 7.23. The topological polar surface area (TPSA) is 20.2 Å². The fourth-order valence-corrected chi connectivity index (χ4v) is 3.78. The molecule has 2 aliphatic carbocycles. The number of fused-ring (bicyclic) bond motifs is 1. The van der Waals surface area contributed by atoms with Crippen LogP contribution in [0.4, 0.5) is 0 Å². The van der Waals surface area contributed by atoms with Crippen molar-refractivity contribution < 1.29 is 5.11 Å². The fraction of sp³-hybridized carbons (Fsp3) is 0.368. The zero-order chi connectivity index (χ0) is 15.6. The number of hydrogen-bond donors (Lipinski definition) is 1. The van der Waals surface area contributed by atoms with Gasteiger partial charge in [-0.3, -0.25) is 0 Å². The van der Waals surface area contributed by atoms with Crippen LogP contribution >= 0.6 is 9.24 Å². The number of rotatable bonds is 2. The number of aliphatic hydroxyl groups is 1. The average Bonchev–Trinajstić information content (AvgIpc) is 2.45. The van der Waals surface area contributed by atoms with Crippen molar-refractivity contribution >= 4 is 9.24 Å². The molecule has 0 saturated heterocycles. The molecule has 1 N–H and O–H groups in total. The highest BCUT2D eigenvalue weighted by Crippen LogP contribution is 2.42. The Kier molecular flexibility index (Phi) is 5.19. The third kappa shape index (κ3) is 3.20. The van der Waals surface area contributed by atoms with Crippen molar-refractivity contribution in [1.29, 1.82) is 0 Å². The van der Waals surface area contributed by atoms with Gasteiger partial charge >= 0.3 is 0 Å². The second-order valence-electron chi connectivity index (χ2n) is 5.99. The predicted octanol–water partition coefficient (Wildman–Crippen LogP) is 4.71. The summed E-state index contributed by atoms with van der Waals surface area (Å²) in [6.07, 6.45) is 12.7. The van der Waals surface area contributed by atoms with E-state index in [0.717, 1.165) is 0 Å². The Morgan fingerprint density at radius 1 is 1.38 bits per heavy atom. The first-order chi connectivity index (χ1) is 9.97. The molecule has 2 aliphatic rings. The van der Waals surface area contributed by atoms with Gasteiger partial charge in [0, 0.05) is 5.92 Å². The Balaban J connectivity index is 2.59. The Morgan fingerprint density at radius 3 is 2.76 bits per heavy atom. The molecule has 1 nitrogen and oxygen atoms in total. The molecule has 0 aromatic heterocycles. The standard InChI is InChI=1S/C19H25OP/c1-5-6-9-15-13(3)11-17(20)18-12(2)8-7-10-16(18)19(21)14(15)4/h5-10,12,17-18,20H,1,11,21H2,2-4H3/b9-6-,15-13-,19-14+/t12-,17?,18?/m1/s1. The van der Waals surface area contributed by atoms with Crippen LogP contribution in [0.1, 0.15) is 27.2 Å². The molecule has 112 valence electrons. The fourth-order valence-electron chi connectivity index (χ4n) is 3.34. The van der Waals surface area contributed by atoms with Gasteiger partial charge in [-0.25, -0.2) is 0 Å². The van der Waals surface area contributed by atoms with Crippen LogP contribution in [-0.2, 0) is 0 Å². The SMILES string of the molecule is C=C\C=C/C1=C(\C)CC(O)C2C(=CC=C[C@H]2C)/C(P)=C\1C. The van der Waals surface area contributed by atoms with Gasteiger partial charge in [-0.05, 0) is 48.2 Å². The van der Waals surface area contributed by atoms with E-state index in [-0.39, 0.29) is 12.0 Å². The molecular weight excluding hydrogens is 275 g/mol. The monoisotopic (exact) mass is 300 g/mol. The lowest BCUT2D eigenvalue weighted by Crippen LogP contribution is -2.30. The Labute approximate surface area is 130 Å². The van der Waals surface area contributed by atoms with Crippen molar-refractivity contribution in [3.8, 4) is 0 Å². The van der Waals surface area contributed by atoms with E-state index < -0.39 is 0 Å². The Morgan fingerprint density at radius 2 is 2.10 bits per heavy atom. The molecule has 21 heavy (non-hydrogen) atoms. The second kappa shape index (κ2) is 6.73. The van der Waals surface area contributed by atoms with Gasteiger partial charge in [-0.15, -0.1) is 9.24 Å². The van der Waals surface area contributed by atoms with Crippen LogP contribution < -0.4 is 0 Å². The molecule has 0 aromatic carbocycles. The molecule has 0 fully saturated rings. The van der Waals surface area contributed by atoms with Crippen LogP contribution in [0.15, 0.2) is 70.6 Å². The minimum atomic E-state index is -0.341. The van der Waals surface area contributed by atoms with Gasteiger partial charge in [0.05, 0.1) is 6.10 Å². The smallest absolute Gasteiger partial charge is 0.0651 e. The Hall–Kier alpha value is -1.17. The summed E-state index contributed by atoms with van der Waals surface area (Å²) in [6.45, 7) is 10.2. The predicted molar refractivity (Wildman–Crippen MR) is 94.9 cm³/mol. The summed E-state index contributed by atoms with van der Waals surface area (Å²) in [4.78, 5) is 0. The van der Waals surface area contributed by atoms with Gasteiger partial charge in [0.25, 0.3) is 0 Å². The molecule has 0 heterocycles. The molecule has 0 bridgehead atoms. The molecule has 4 atom stereocenters. The van der Waals surface area contributed by atoms with E-state index in [1.54, 1.807) is 6.08 Å². The summed E-state index contributed by atoms with van der Waals surface area (Å²) < 4.78 is 0. The van der Waals surface area contributed by atoms with E-state index in [2.05, 4.69) is 60.9 Å². The summed E-state index contributed by atoms with van der Waals surface area (Å²) in [5.41, 5.74) is 4.96. The highest BCUT2D eigenvalue weighted by atomic mass is 31.0. The van der Waals surface area contributed by atoms with Gasteiger partial charge in [0.1, 0.15) is 0 Å².